The fraction of sp³-hybridized carbons (Fsp3) is 0.929. The molecule has 100 valence electrons. The predicted octanol–water partition coefficient (Wildman–Crippen LogP) is 2.45. The van der Waals surface area contributed by atoms with E-state index in [-0.39, 0.29) is 17.9 Å². The minimum atomic E-state index is 0.0480. The quantitative estimate of drug-likeness (QED) is 0.725. The molecular formula is C14H28N2O. The third-order valence-electron chi connectivity index (χ3n) is 4.13. The van der Waals surface area contributed by atoms with Crippen LogP contribution in [0.5, 0.6) is 0 Å². The molecule has 0 aromatic heterocycles. The molecule has 2 atom stereocenters. The molecular weight excluding hydrogens is 212 g/mol. The van der Waals surface area contributed by atoms with E-state index in [1.54, 1.807) is 0 Å². The lowest BCUT2D eigenvalue weighted by molar-refractivity contribution is -0.126. The second-order valence-electron chi connectivity index (χ2n) is 5.34. The van der Waals surface area contributed by atoms with E-state index in [1.807, 2.05) is 0 Å². The predicted molar refractivity (Wildman–Crippen MR) is 71.6 cm³/mol. The van der Waals surface area contributed by atoms with Gasteiger partial charge in [0.25, 0.3) is 0 Å². The Morgan fingerprint density at radius 3 is 2.53 bits per heavy atom. The first-order chi connectivity index (χ1) is 8.19. The average molecular weight is 240 g/mol. The summed E-state index contributed by atoms with van der Waals surface area (Å²) in [6.45, 7) is 5.17. The molecule has 0 aliphatic heterocycles. The highest BCUT2D eigenvalue weighted by molar-refractivity contribution is 5.79. The zero-order valence-electron chi connectivity index (χ0n) is 11.4. The molecule has 0 spiro atoms. The molecule has 0 saturated heterocycles. The largest absolute Gasteiger partial charge is 0.356 e. The Labute approximate surface area is 106 Å². The van der Waals surface area contributed by atoms with E-state index in [0.29, 0.717) is 5.92 Å². The van der Waals surface area contributed by atoms with Crippen molar-refractivity contribution in [2.75, 3.05) is 6.54 Å². The number of hydrogen-bond acceptors (Lipinski definition) is 2. The van der Waals surface area contributed by atoms with Crippen LogP contribution < -0.4 is 11.1 Å². The number of hydrogen-bond donors (Lipinski definition) is 2. The fourth-order valence-corrected chi connectivity index (χ4v) is 2.62. The van der Waals surface area contributed by atoms with Crippen LogP contribution in [0.1, 0.15) is 58.8 Å². The van der Waals surface area contributed by atoms with Crippen LogP contribution >= 0.6 is 0 Å². The number of nitrogens with two attached hydrogens (primary N) is 1. The Kier molecular flexibility index (Phi) is 6.56. The number of carbonyl (C=O) groups is 1. The van der Waals surface area contributed by atoms with Crippen molar-refractivity contribution in [1.82, 2.24) is 5.32 Å². The highest BCUT2D eigenvalue weighted by Gasteiger charge is 2.26. The summed E-state index contributed by atoms with van der Waals surface area (Å²) in [7, 11) is 0. The third kappa shape index (κ3) is 4.66. The Balaban J connectivity index is 2.39. The van der Waals surface area contributed by atoms with Gasteiger partial charge in [-0.25, -0.2) is 0 Å². The normalized spacial score (nSPS) is 25.6. The summed E-state index contributed by atoms with van der Waals surface area (Å²) in [4.78, 5) is 12.1. The summed E-state index contributed by atoms with van der Waals surface area (Å²) in [5.41, 5.74) is 6.09. The van der Waals surface area contributed by atoms with Crippen molar-refractivity contribution in [2.45, 2.75) is 64.8 Å². The van der Waals surface area contributed by atoms with E-state index < -0.39 is 0 Å². The van der Waals surface area contributed by atoms with Gasteiger partial charge in [-0.15, -0.1) is 0 Å². The molecule has 1 rings (SSSR count). The lowest BCUT2D eigenvalue weighted by Crippen LogP contribution is -2.42. The Morgan fingerprint density at radius 1 is 1.24 bits per heavy atom. The van der Waals surface area contributed by atoms with Gasteiger partial charge in [0.1, 0.15) is 0 Å². The molecule has 1 aliphatic rings. The van der Waals surface area contributed by atoms with E-state index in [2.05, 4.69) is 19.2 Å². The van der Waals surface area contributed by atoms with E-state index in [4.69, 9.17) is 5.73 Å². The van der Waals surface area contributed by atoms with Crippen LogP contribution in [-0.2, 0) is 4.79 Å². The molecule has 0 radical (unpaired) electrons. The molecule has 1 saturated carbocycles. The van der Waals surface area contributed by atoms with Crippen molar-refractivity contribution in [2.24, 2.45) is 17.6 Å². The highest BCUT2D eigenvalue weighted by atomic mass is 16.1. The van der Waals surface area contributed by atoms with Gasteiger partial charge in [-0.3, -0.25) is 4.79 Å². The molecule has 3 nitrogen and oxygen atoms in total. The smallest absolute Gasteiger partial charge is 0.224 e. The Bertz CT molecular complexity index is 226. The molecule has 0 bridgehead atoms. The van der Waals surface area contributed by atoms with Crippen LogP contribution in [0.15, 0.2) is 0 Å². The van der Waals surface area contributed by atoms with Crippen LogP contribution in [0, 0.1) is 11.8 Å². The summed E-state index contributed by atoms with van der Waals surface area (Å²) in [6, 6.07) is 0.0687. The summed E-state index contributed by atoms with van der Waals surface area (Å²) in [5, 5.41) is 3.09. The van der Waals surface area contributed by atoms with E-state index in [0.717, 1.165) is 38.6 Å². The van der Waals surface area contributed by atoms with Crippen molar-refractivity contribution in [3.8, 4) is 0 Å². The lowest BCUT2D eigenvalue weighted by Gasteiger charge is -2.22. The summed E-state index contributed by atoms with van der Waals surface area (Å²) in [5.74, 6) is 0.846. The van der Waals surface area contributed by atoms with Crippen LogP contribution in [0.4, 0.5) is 0 Å². The lowest BCUT2D eigenvalue weighted by atomic mass is 9.94. The average Bonchev–Trinajstić information content (AvgIpc) is 2.55. The van der Waals surface area contributed by atoms with Gasteiger partial charge >= 0.3 is 0 Å². The monoisotopic (exact) mass is 240 g/mol. The second-order valence-corrected chi connectivity index (χ2v) is 5.34. The topological polar surface area (TPSA) is 55.1 Å². The first kappa shape index (κ1) is 14.5. The maximum atomic E-state index is 12.1. The van der Waals surface area contributed by atoms with Crippen molar-refractivity contribution in [1.29, 1.82) is 0 Å². The maximum Gasteiger partial charge on any atom is 0.224 e. The molecule has 1 fully saturated rings. The van der Waals surface area contributed by atoms with E-state index in [9.17, 15) is 4.79 Å². The van der Waals surface area contributed by atoms with Crippen molar-refractivity contribution >= 4 is 5.91 Å². The van der Waals surface area contributed by atoms with Crippen LogP contribution in [0.3, 0.4) is 0 Å². The van der Waals surface area contributed by atoms with Gasteiger partial charge in [0.05, 0.1) is 5.92 Å². The molecule has 0 heterocycles. The SMILES string of the molecule is CCC(CC)CNC(=O)C1CCCCCC1N. The molecule has 0 aromatic rings. The first-order valence-electron chi connectivity index (χ1n) is 7.22. The van der Waals surface area contributed by atoms with E-state index in [1.165, 1.54) is 12.8 Å². The molecule has 1 amide bonds. The zero-order chi connectivity index (χ0) is 12.7. The minimum absolute atomic E-state index is 0.0480. The van der Waals surface area contributed by atoms with Crippen LogP contribution in [0.2, 0.25) is 0 Å². The van der Waals surface area contributed by atoms with Crippen molar-refractivity contribution in [3.63, 3.8) is 0 Å². The molecule has 1 aliphatic carbocycles. The molecule has 0 aromatic carbocycles. The number of nitrogens with one attached hydrogen (secondary N) is 1. The maximum absolute atomic E-state index is 12.1. The van der Waals surface area contributed by atoms with Crippen LogP contribution in [0.25, 0.3) is 0 Å². The van der Waals surface area contributed by atoms with Gasteiger partial charge in [0.15, 0.2) is 0 Å². The second kappa shape index (κ2) is 7.70. The first-order valence-corrected chi connectivity index (χ1v) is 7.22. The summed E-state index contributed by atoms with van der Waals surface area (Å²) in [6.07, 6.45) is 7.79. The molecule has 17 heavy (non-hydrogen) atoms. The summed E-state index contributed by atoms with van der Waals surface area (Å²) >= 11 is 0. The molecule has 3 heteroatoms. The Morgan fingerprint density at radius 2 is 1.88 bits per heavy atom. The standard InChI is InChI=1S/C14H28N2O/c1-3-11(4-2)10-16-14(17)12-8-6-5-7-9-13(12)15/h11-13H,3-10,15H2,1-2H3,(H,16,17). The zero-order valence-corrected chi connectivity index (χ0v) is 11.4. The van der Waals surface area contributed by atoms with Gasteiger partial charge in [-0.1, -0.05) is 46.0 Å². The van der Waals surface area contributed by atoms with Gasteiger partial charge in [0.2, 0.25) is 5.91 Å². The third-order valence-corrected chi connectivity index (χ3v) is 4.13. The van der Waals surface area contributed by atoms with E-state index >= 15 is 0 Å². The number of rotatable bonds is 5. The molecule has 3 N–H and O–H groups in total. The highest BCUT2D eigenvalue weighted by Crippen LogP contribution is 2.22. The van der Waals surface area contributed by atoms with Crippen molar-refractivity contribution < 1.29 is 4.79 Å². The van der Waals surface area contributed by atoms with Crippen molar-refractivity contribution in [3.05, 3.63) is 0 Å². The van der Waals surface area contributed by atoms with Gasteiger partial charge in [-0.2, -0.15) is 0 Å². The number of carbonyl (C=O) groups excluding carboxylic acids is 1. The minimum Gasteiger partial charge on any atom is -0.356 e. The summed E-state index contributed by atoms with van der Waals surface area (Å²) < 4.78 is 0. The fourth-order valence-electron chi connectivity index (χ4n) is 2.62. The molecule has 2 unspecified atom stereocenters. The van der Waals surface area contributed by atoms with Gasteiger partial charge in [-0.05, 0) is 18.8 Å². The van der Waals surface area contributed by atoms with Crippen LogP contribution in [-0.4, -0.2) is 18.5 Å². The van der Waals surface area contributed by atoms with Gasteiger partial charge < -0.3 is 11.1 Å². The Hall–Kier alpha value is -0.570. The number of amides is 1. The van der Waals surface area contributed by atoms with Gasteiger partial charge in [0, 0.05) is 12.6 Å².